The number of thiophene rings is 1. The zero-order valence-corrected chi connectivity index (χ0v) is 12.4. The van der Waals surface area contributed by atoms with Gasteiger partial charge in [0.25, 0.3) is 5.91 Å². The summed E-state index contributed by atoms with van der Waals surface area (Å²) in [5, 5.41) is 14.9. The summed E-state index contributed by atoms with van der Waals surface area (Å²) < 4.78 is 0.788. The molecule has 1 amide bonds. The van der Waals surface area contributed by atoms with Crippen LogP contribution >= 0.6 is 27.3 Å². The minimum atomic E-state index is -0.555. The Morgan fingerprint density at radius 2 is 2.16 bits per heavy atom. The summed E-state index contributed by atoms with van der Waals surface area (Å²) in [4.78, 5) is 12.8. The predicted molar refractivity (Wildman–Crippen MR) is 78.4 cm³/mol. The molecule has 5 heteroatoms. The maximum absolute atomic E-state index is 12.2. The summed E-state index contributed by atoms with van der Waals surface area (Å²) in [6.07, 6.45) is 0.0345. The van der Waals surface area contributed by atoms with E-state index in [1.165, 1.54) is 11.3 Å². The molecule has 3 rings (SSSR count). The van der Waals surface area contributed by atoms with Crippen molar-refractivity contribution in [2.45, 2.75) is 18.6 Å². The summed E-state index contributed by atoms with van der Waals surface area (Å²) in [6, 6.07) is 9.35. The van der Waals surface area contributed by atoms with E-state index in [-0.39, 0.29) is 11.9 Å². The molecule has 1 aromatic carbocycles. The number of hydrogen-bond donors (Lipinski definition) is 2. The average Bonchev–Trinajstić information content (AvgIpc) is 2.94. The standard InChI is InChI=1S/C14H12BrNO2S/c15-10-5-6-19-13(10)14(18)16-12-9-4-2-1-3-8(9)7-11(12)17/h1-6,11-12,17H,7H2,(H,16,18). The highest BCUT2D eigenvalue weighted by Crippen LogP contribution is 2.32. The monoisotopic (exact) mass is 337 g/mol. The van der Waals surface area contributed by atoms with E-state index in [4.69, 9.17) is 0 Å². The largest absolute Gasteiger partial charge is 0.390 e. The van der Waals surface area contributed by atoms with Gasteiger partial charge in [0.1, 0.15) is 4.88 Å². The van der Waals surface area contributed by atoms with Gasteiger partial charge in [0.2, 0.25) is 0 Å². The average molecular weight is 338 g/mol. The fourth-order valence-electron chi connectivity index (χ4n) is 2.41. The van der Waals surface area contributed by atoms with Gasteiger partial charge in [-0.25, -0.2) is 0 Å². The fourth-order valence-corrected chi connectivity index (χ4v) is 3.86. The third-order valence-electron chi connectivity index (χ3n) is 3.31. The topological polar surface area (TPSA) is 49.3 Å². The van der Waals surface area contributed by atoms with Crippen LogP contribution in [0.3, 0.4) is 0 Å². The first-order valence-electron chi connectivity index (χ1n) is 5.96. The molecular weight excluding hydrogens is 326 g/mol. The van der Waals surface area contributed by atoms with Crippen LogP contribution in [0.1, 0.15) is 26.8 Å². The van der Waals surface area contributed by atoms with Crippen LogP contribution in [0.25, 0.3) is 0 Å². The smallest absolute Gasteiger partial charge is 0.263 e. The molecule has 2 N–H and O–H groups in total. The molecule has 0 fully saturated rings. The van der Waals surface area contributed by atoms with Gasteiger partial charge in [-0.3, -0.25) is 4.79 Å². The second kappa shape index (κ2) is 5.07. The highest BCUT2D eigenvalue weighted by atomic mass is 79.9. The molecule has 0 aliphatic heterocycles. The van der Waals surface area contributed by atoms with Crippen molar-refractivity contribution in [3.05, 3.63) is 56.2 Å². The van der Waals surface area contributed by atoms with Gasteiger partial charge in [0.05, 0.1) is 12.1 Å². The van der Waals surface area contributed by atoms with E-state index in [1.54, 1.807) is 0 Å². The maximum Gasteiger partial charge on any atom is 0.263 e. The molecule has 0 spiro atoms. The maximum atomic E-state index is 12.2. The minimum Gasteiger partial charge on any atom is -0.390 e. The third-order valence-corrected chi connectivity index (χ3v) is 5.15. The minimum absolute atomic E-state index is 0.150. The number of carbonyl (C=O) groups is 1. The van der Waals surface area contributed by atoms with Gasteiger partial charge >= 0.3 is 0 Å². The number of aliphatic hydroxyl groups is 1. The van der Waals surface area contributed by atoms with Crippen LogP contribution < -0.4 is 5.32 Å². The molecule has 0 bridgehead atoms. The van der Waals surface area contributed by atoms with Gasteiger partial charge in [0.15, 0.2) is 0 Å². The van der Waals surface area contributed by atoms with Crippen molar-refractivity contribution in [2.75, 3.05) is 0 Å². The Balaban J connectivity index is 1.84. The SMILES string of the molecule is O=C(NC1c2ccccc2CC1O)c1sccc1Br. The molecule has 0 radical (unpaired) electrons. The first-order valence-corrected chi connectivity index (χ1v) is 7.64. The molecule has 2 aromatic rings. The molecule has 3 nitrogen and oxygen atoms in total. The normalized spacial score (nSPS) is 21.2. The summed E-state index contributed by atoms with van der Waals surface area (Å²) in [5.74, 6) is -0.150. The van der Waals surface area contributed by atoms with E-state index in [9.17, 15) is 9.90 Å². The van der Waals surface area contributed by atoms with Gasteiger partial charge in [0, 0.05) is 10.9 Å². The van der Waals surface area contributed by atoms with Gasteiger partial charge in [-0.05, 0) is 38.5 Å². The van der Waals surface area contributed by atoms with Crippen LogP contribution in [-0.4, -0.2) is 17.1 Å². The number of benzene rings is 1. The molecule has 19 heavy (non-hydrogen) atoms. The lowest BCUT2D eigenvalue weighted by molar-refractivity contribution is 0.0861. The van der Waals surface area contributed by atoms with Gasteiger partial charge < -0.3 is 10.4 Å². The zero-order chi connectivity index (χ0) is 13.4. The van der Waals surface area contributed by atoms with Crippen LogP contribution in [0.15, 0.2) is 40.2 Å². The molecule has 0 saturated heterocycles. The van der Waals surface area contributed by atoms with Crippen molar-refractivity contribution in [1.29, 1.82) is 0 Å². The number of amides is 1. The van der Waals surface area contributed by atoms with Crippen molar-refractivity contribution in [3.63, 3.8) is 0 Å². The Morgan fingerprint density at radius 3 is 2.89 bits per heavy atom. The lowest BCUT2D eigenvalue weighted by Crippen LogP contribution is -2.33. The number of aliphatic hydroxyl groups excluding tert-OH is 1. The Kier molecular flexibility index (Phi) is 3.43. The lowest BCUT2D eigenvalue weighted by atomic mass is 10.1. The Bertz CT molecular complexity index is 625. The second-order valence-electron chi connectivity index (χ2n) is 4.52. The third kappa shape index (κ3) is 2.33. The van der Waals surface area contributed by atoms with Crippen molar-refractivity contribution in [1.82, 2.24) is 5.32 Å². The van der Waals surface area contributed by atoms with E-state index in [0.717, 1.165) is 15.6 Å². The van der Waals surface area contributed by atoms with E-state index in [1.807, 2.05) is 35.7 Å². The fraction of sp³-hybridized carbons (Fsp3) is 0.214. The van der Waals surface area contributed by atoms with Crippen LogP contribution in [0, 0.1) is 0 Å². The predicted octanol–water partition coefficient (Wildman–Crippen LogP) is 2.90. The molecule has 1 heterocycles. The van der Waals surface area contributed by atoms with E-state index in [2.05, 4.69) is 21.2 Å². The first-order chi connectivity index (χ1) is 9.16. The zero-order valence-electron chi connectivity index (χ0n) is 9.97. The highest BCUT2D eigenvalue weighted by Gasteiger charge is 2.32. The summed E-state index contributed by atoms with van der Waals surface area (Å²) >= 11 is 4.73. The number of rotatable bonds is 2. The second-order valence-corrected chi connectivity index (χ2v) is 6.29. The molecule has 1 aromatic heterocycles. The Hall–Kier alpha value is -1.17. The molecule has 2 atom stereocenters. The summed E-state index contributed by atoms with van der Waals surface area (Å²) in [7, 11) is 0. The van der Waals surface area contributed by atoms with Gasteiger partial charge in [-0.15, -0.1) is 11.3 Å². The van der Waals surface area contributed by atoms with Crippen molar-refractivity contribution >= 4 is 33.2 Å². The van der Waals surface area contributed by atoms with Crippen molar-refractivity contribution in [3.8, 4) is 0 Å². The van der Waals surface area contributed by atoms with Gasteiger partial charge in [-0.2, -0.15) is 0 Å². The summed E-state index contributed by atoms with van der Waals surface area (Å²) in [6.45, 7) is 0. The number of halogens is 1. The first kappa shape index (κ1) is 12.8. The van der Waals surface area contributed by atoms with Crippen LogP contribution in [0.4, 0.5) is 0 Å². The Morgan fingerprint density at radius 1 is 1.37 bits per heavy atom. The number of nitrogens with one attached hydrogen (secondary N) is 1. The van der Waals surface area contributed by atoms with Crippen LogP contribution in [-0.2, 0) is 6.42 Å². The van der Waals surface area contributed by atoms with E-state index < -0.39 is 6.10 Å². The summed E-state index contributed by atoms with van der Waals surface area (Å²) in [5.41, 5.74) is 2.11. The molecular formula is C14H12BrNO2S. The molecule has 98 valence electrons. The van der Waals surface area contributed by atoms with Crippen molar-refractivity contribution in [2.24, 2.45) is 0 Å². The number of hydrogen-bond acceptors (Lipinski definition) is 3. The lowest BCUT2D eigenvalue weighted by Gasteiger charge is -2.17. The molecule has 0 saturated carbocycles. The number of carbonyl (C=O) groups excluding carboxylic acids is 1. The van der Waals surface area contributed by atoms with E-state index in [0.29, 0.717) is 11.3 Å². The number of fused-ring (bicyclic) bond motifs is 1. The van der Waals surface area contributed by atoms with Crippen LogP contribution in [0.5, 0.6) is 0 Å². The van der Waals surface area contributed by atoms with Crippen LogP contribution in [0.2, 0.25) is 0 Å². The molecule has 1 aliphatic rings. The van der Waals surface area contributed by atoms with Crippen molar-refractivity contribution < 1.29 is 9.90 Å². The molecule has 2 unspecified atom stereocenters. The Labute approximate surface area is 123 Å². The van der Waals surface area contributed by atoms with Gasteiger partial charge in [-0.1, -0.05) is 24.3 Å². The molecule has 1 aliphatic carbocycles. The van der Waals surface area contributed by atoms with E-state index >= 15 is 0 Å². The highest BCUT2D eigenvalue weighted by molar-refractivity contribution is 9.10. The quantitative estimate of drug-likeness (QED) is 0.885.